The van der Waals surface area contributed by atoms with Gasteiger partial charge < -0.3 is 9.84 Å². The minimum absolute atomic E-state index is 0.190. The Bertz CT molecular complexity index is 1120. The highest BCUT2D eigenvalue weighted by atomic mass is 127. The van der Waals surface area contributed by atoms with Crippen LogP contribution in [0.1, 0.15) is 27.0 Å². The van der Waals surface area contributed by atoms with Gasteiger partial charge in [0.15, 0.2) is 0 Å². The minimum atomic E-state index is -0.992. The van der Waals surface area contributed by atoms with Crippen LogP contribution in [-0.4, -0.2) is 11.1 Å². The van der Waals surface area contributed by atoms with Gasteiger partial charge in [-0.2, -0.15) is 5.26 Å². The van der Waals surface area contributed by atoms with Crippen molar-refractivity contribution < 1.29 is 14.6 Å². The van der Waals surface area contributed by atoms with Crippen molar-refractivity contribution in [3.63, 3.8) is 0 Å². The van der Waals surface area contributed by atoms with Crippen molar-refractivity contribution >= 4 is 85.4 Å². The van der Waals surface area contributed by atoms with Gasteiger partial charge in [0.05, 0.1) is 24.3 Å². The number of hydrogen-bond acceptors (Lipinski definition) is 3. The molecule has 150 valence electrons. The highest BCUT2D eigenvalue weighted by Gasteiger charge is 2.11. The Kier molecular flexibility index (Phi) is 8.13. The Balaban J connectivity index is 1.83. The van der Waals surface area contributed by atoms with Gasteiger partial charge in [-0.1, -0.05) is 24.3 Å². The lowest BCUT2D eigenvalue weighted by atomic mass is 10.0. The lowest BCUT2D eigenvalue weighted by Gasteiger charge is -2.12. The van der Waals surface area contributed by atoms with Crippen LogP contribution in [0.25, 0.3) is 11.6 Å². The molecule has 30 heavy (non-hydrogen) atoms. The molecule has 0 radical (unpaired) electrons. The number of ether oxygens (including phenoxy) is 1. The molecule has 1 N–H and O–H groups in total. The van der Waals surface area contributed by atoms with Crippen LogP contribution in [-0.2, 0) is 6.61 Å². The van der Waals surface area contributed by atoms with Crippen LogP contribution in [0.2, 0.25) is 0 Å². The zero-order valence-electron chi connectivity index (χ0n) is 15.4. The molecule has 3 aromatic rings. The Morgan fingerprint density at radius 2 is 1.53 bits per heavy atom. The highest BCUT2D eigenvalue weighted by Crippen LogP contribution is 2.31. The molecule has 3 rings (SSSR count). The van der Waals surface area contributed by atoms with Crippen LogP contribution in [0, 0.1) is 22.0 Å². The lowest BCUT2D eigenvalue weighted by Crippen LogP contribution is -1.99. The predicted molar refractivity (Wildman–Crippen MR) is 142 cm³/mol. The van der Waals surface area contributed by atoms with Gasteiger partial charge in [-0.15, -0.1) is 0 Å². The van der Waals surface area contributed by atoms with E-state index in [0.717, 1.165) is 24.0 Å². The van der Waals surface area contributed by atoms with Crippen LogP contribution < -0.4 is 4.74 Å². The molecule has 0 saturated heterocycles. The van der Waals surface area contributed by atoms with Crippen molar-refractivity contribution in [3.05, 3.63) is 93.6 Å². The fourth-order valence-corrected chi connectivity index (χ4v) is 5.16. The third-order valence-corrected chi connectivity index (χ3v) is 6.51. The van der Waals surface area contributed by atoms with Crippen LogP contribution >= 0.6 is 67.8 Å². The maximum absolute atomic E-state index is 11.0. The second-order valence-corrected chi connectivity index (χ2v) is 9.85. The average molecular weight is 733 g/mol. The highest BCUT2D eigenvalue weighted by molar-refractivity contribution is 14.1. The third-order valence-electron chi connectivity index (χ3n) is 4.19. The van der Waals surface area contributed by atoms with E-state index in [0.29, 0.717) is 17.7 Å². The summed E-state index contributed by atoms with van der Waals surface area (Å²) < 4.78 is 9.13. The Morgan fingerprint density at radius 3 is 2.07 bits per heavy atom. The van der Waals surface area contributed by atoms with E-state index in [1.807, 2.05) is 24.3 Å². The van der Waals surface area contributed by atoms with Crippen LogP contribution in [0.4, 0.5) is 0 Å². The van der Waals surface area contributed by atoms with Gasteiger partial charge >= 0.3 is 5.97 Å². The molecule has 0 aromatic heterocycles. The predicted octanol–water partition coefficient (Wildman–Crippen LogP) is 6.84. The van der Waals surface area contributed by atoms with E-state index >= 15 is 0 Å². The zero-order chi connectivity index (χ0) is 21.7. The monoisotopic (exact) mass is 733 g/mol. The molecule has 0 bridgehead atoms. The van der Waals surface area contributed by atoms with E-state index in [9.17, 15) is 10.1 Å². The van der Waals surface area contributed by atoms with Crippen LogP contribution in [0.15, 0.2) is 60.7 Å². The molecule has 0 spiro atoms. The summed E-state index contributed by atoms with van der Waals surface area (Å²) in [6, 6.07) is 20.6. The second kappa shape index (κ2) is 10.6. The number of carbonyl (C=O) groups is 1. The largest absolute Gasteiger partial charge is 0.487 e. The Morgan fingerprint density at radius 1 is 0.967 bits per heavy atom. The molecule has 0 saturated carbocycles. The summed E-state index contributed by atoms with van der Waals surface area (Å²) in [5.74, 6) is -0.176. The number of aromatic carboxylic acids is 1. The first-order valence-corrected chi connectivity index (χ1v) is 11.9. The normalized spacial score (nSPS) is 11.1. The van der Waals surface area contributed by atoms with Crippen molar-refractivity contribution in [2.75, 3.05) is 0 Å². The number of halogens is 3. The number of carboxylic acid groups (broad SMARTS) is 1. The molecule has 0 atom stereocenters. The van der Waals surface area contributed by atoms with Gasteiger partial charge in [0.25, 0.3) is 0 Å². The van der Waals surface area contributed by atoms with Crippen molar-refractivity contribution in [3.8, 4) is 11.8 Å². The number of allylic oxidation sites excluding steroid dienone is 1. The SMILES string of the molecule is N#C/C(=C/c1cc(I)c(OCc2ccc(I)cc2)c(I)c1)c1ccc(C(=O)O)cc1. The molecule has 4 nitrogen and oxygen atoms in total. The summed E-state index contributed by atoms with van der Waals surface area (Å²) in [6.07, 6.45) is 1.79. The van der Waals surface area contributed by atoms with E-state index in [1.165, 1.54) is 15.7 Å². The number of nitriles is 1. The van der Waals surface area contributed by atoms with Gasteiger partial charge in [0, 0.05) is 3.57 Å². The molecule has 0 unspecified atom stereocenters. The van der Waals surface area contributed by atoms with Crippen LogP contribution in [0.3, 0.4) is 0 Å². The number of carboxylic acids is 1. The summed E-state index contributed by atoms with van der Waals surface area (Å²) >= 11 is 6.75. The van der Waals surface area contributed by atoms with Gasteiger partial charge in [-0.05, 0) is 127 Å². The van der Waals surface area contributed by atoms with E-state index in [-0.39, 0.29) is 5.56 Å². The number of benzene rings is 3. The number of rotatable bonds is 6. The lowest BCUT2D eigenvalue weighted by molar-refractivity contribution is 0.0697. The van der Waals surface area contributed by atoms with Gasteiger partial charge in [0.1, 0.15) is 12.4 Å². The van der Waals surface area contributed by atoms with E-state index in [2.05, 4.69) is 86.0 Å². The average Bonchev–Trinajstić information content (AvgIpc) is 2.73. The van der Waals surface area contributed by atoms with E-state index in [1.54, 1.807) is 18.2 Å². The first-order chi connectivity index (χ1) is 14.4. The standard InChI is InChI=1S/C23H14I3NO3/c24-19-7-1-14(2-8-19)13-30-22-20(25)10-15(11-21(22)26)9-18(12-27)16-3-5-17(6-4-16)23(28)29/h1-11H,13H2,(H,28,29)/b18-9-. The molecule has 7 heteroatoms. The molecule has 0 amide bonds. The first kappa shape index (κ1) is 23.0. The van der Waals surface area contributed by atoms with Crippen LogP contribution in [0.5, 0.6) is 5.75 Å². The van der Waals surface area contributed by atoms with E-state index < -0.39 is 5.97 Å². The second-order valence-electron chi connectivity index (χ2n) is 6.28. The molecule has 0 aliphatic carbocycles. The quantitative estimate of drug-likeness (QED) is 0.171. The van der Waals surface area contributed by atoms with Gasteiger partial charge in [0.2, 0.25) is 0 Å². The summed E-state index contributed by atoms with van der Waals surface area (Å²) in [5.41, 5.74) is 3.30. The first-order valence-electron chi connectivity index (χ1n) is 8.69. The van der Waals surface area contributed by atoms with Gasteiger partial charge in [-0.3, -0.25) is 0 Å². The zero-order valence-corrected chi connectivity index (χ0v) is 21.9. The van der Waals surface area contributed by atoms with Crippen molar-refractivity contribution in [2.45, 2.75) is 6.61 Å². The van der Waals surface area contributed by atoms with E-state index in [4.69, 9.17) is 9.84 Å². The molecular formula is C23H14I3NO3. The summed E-state index contributed by atoms with van der Waals surface area (Å²) in [6.45, 7) is 0.484. The minimum Gasteiger partial charge on any atom is -0.487 e. The van der Waals surface area contributed by atoms with Crippen molar-refractivity contribution in [1.29, 1.82) is 5.26 Å². The molecule has 0 aliphatic rings. The molecular weight excluding hydrogens is 719 g/mol. The van der Waals surface area contributed by atoms with Gasteiger partial charge in [-0.25, -0.2) is 4.79 Å². The number of nitrogens with zero attached hydrogens (tertiary/aromatic N) is 1. The molecule has 0 heterocycles. The maximum Gasteiger partial charge on any atom is 0.335 e. The Labute approximate surface area is 215 Å². The third kappa shape index (κ3) is 5.95. The van der Waals surface area contributed by atoms with Crippen molar-refractivity contribution in [2.24, 2.45) is 0 Å². The summed E-state index contributed by atoms with van der Waals surface area (Å²) in [7, 11) is 0. The molecule has 3 aromatic carbocycles. The summed E-state index contributed by atoms with van der Waals surface area (Å²) in [4.78, 5) is 11.0. The maximum atomic E-state index is 11.0. The summed E-state index contributed by atoms with van der Waals surface area (Å²) in [5, 5.41) is 18.6. The fourth-order valence-electron chi connectivity index (χ4n) is 2.68. The fraction of sp³-hybridized carbons (Fsp3) is 0.0435. The topological polar surface area (TPSA) is 70.3 Å². The Hall–Kier alpha value is -1.65. The smallest absolute Gasteiger partial charge is 0.335 e. The molecule has 0 fully saturated rings. The van der Waals surface area contributed by atoms with Crippen molar-refractivity contribution in [1.82, 2.24) is 0 Å². The molecule has 0 aliphatic heterocycles. The number of hydrogen-bond donors (Lipinski definition) is 1.